The van der Waals surface area contributed by atoms with E-state index in [1.807, 2.05) is 6.92 Å². The van der Waals surface area contributed by atoms with Crippen molar-refractivity contribution in [2.45, 2.75) is 13.3 Å². The summed E-state index contributed by atoms with van der Waals surface area (Å²) >= 11 is 0. The molecule has 0 aromatic heterocycles. The van der Waals surface area contributed by atoms with Crippen LogP contribution in [0.1, 0.15) is 34.1 Å². The largest absolute Gasteiger partial charge is 0.385 e. The normalized spacial score (nSPS) is 10.2. The maximum Gasteiger partial charge on any atom is 0.251 e. The molecule has 8 heteroatoms. The molecule has 2 aromatic rings. The summed E-state index contributed by atoms with van der Waals surface area (Å²) in [7, 11) is 1.62. The summed E-state index contributed by atoms with van der Waals surface area (Å²) in [6.45, 7) is 3.57. The zero-order chi connectivity index (χ0) is 21.8. The average Bonchev–Trinajstić information content (AvgIpc) is 2.76. The SMILES string of the molecule is CCNC(=O)c1ccc(NC(=O)CNc2cccc(C(=O)NCCCOC)c2)cc1. The molecule has 0 atom stereocenters. The molecule has 0 aliphatic heterocycles. The Morgan fingerprint density at radius 3 is 2.33 bits per heavy atom. The van der Waals surface area contributed by atoms with Gasteiger partial charge in [-0.15, -0.1) is 0 Å². The van der Waals surface area contributed by atoms with E-state index >= 15 is 0 Å². The van der Waals surface area contributed by atoms with E-state index in [0.717, 1.165) is 6.42 Å². The molecule has 160 valence electrons. The van der Waals surface area contributed by atoms with Crippen LogP contribution in [0.5, 0.6) is 0 Å². The summed E-state index contributed by atoms with van der Waals surface area (Å²) in [5.41, 5.74) is 2.31. The number of amides is 3. The second kappa shape index (κ2) is 12.2. The fourth-order valence-corrected chi connectivity index (χ4v) is 2.65. The van der Waals surface area contributed by atoms with E-state index in [-0.39, 0.29) is 24.3 Å². The predicted molar refractivity (Wildman–Crippen MR) is 117 cm³/mol. The molecule has 0 aliphatic carbocycles. The van der Waals surface area contributed by atoms with Crippen molar-refractivity contribution in [3.63, 3.8) is 0 Å². The Bertz CT molecular complexity index is 852. The number of carbonyl (C=O) groups is 3. The lowest BCUT2D eigenvalue weighted by molar-refractivity contribution is -0.114. The van der Waals surface area contributed by atoms with Gasteiger partial charge in [-0.3, -0.25) is 14.4 Å². The van der Waals surface area contributed by atoms with E-state index in [2.05, 4.69) is 21.3 Å². The van der Waals surface area contributed by atoms with Crippen molar-refractivity contribution < 1.29 is 19.1 Å². The van der Waals surface area contributed by atoms with E-state index in [1.165, 1.54) is 0 Å². The lowest BCUT2D eigenvalue weighted by atomic mass is 10.2. The second-order valence-corrected chi connectivity index (χ2v) is 6.52. The van der Waals surface area contributed by atoms with E-state index in [4.69, 9.17) is 4.74 Å². The van der Waals surface area contributed by atoms with Crippen molar-refractivity contribution in [2.24, 2.45) is 0 Å². The van der Waals surface area contributed by atoms with Crippen LogP contribution >= 0.6 is 0 Å². The van der Waals surface area contributed by atoms with Gasteiger partial charge in [0.05, 0.1) is 6.54 Å². The monoisotopic (exact) mass is 412 g/mol. The first-order valence-corrected chi connectivity index (χ1v) is 9.82. The highest BCUT2D eigenvalue weighted by Gasteiger charge is 2.08. The Morgan fingerprint density at radius 1 is 0.900 bits per heavy atom. The molecule has 0 aliphatic rings. The van der Waals surface area contributed by atoms with Gasteiger partial charge >= 0.3 is 0 Å². The Balaban J connectivity index is 1.83. The Hall–Kier alpha value is -3.39. The maximum absolute atomic E-state index is 12.2. The van der Waals surface area contributed by atoms with Gasteiger partial charge in [0.1, 0.15) is 0 Å². The lowest BCUT2D eigenvalue weighted by Crippen LogP contribution is -2.25. The molecular weight excluding hydrogens is 384 g/mol. The van der Waals surface area contributed by atoms with Crippen LogP contribution in [0.25, 0.3) is 0 Å². The van der Waals surface area contributed by atoms with Crippen LogP contribution < -0.4 is 21.3 Å². The van der Waals surface area contributed by atoms with Crippen LogP contribution in [0.4, 0.5) is 11.4 Å². The first-order valence-electron chi connectivity index (χ1n) is 9.82. The average molecular weight is 412 g/mol. The van der Waals surface area contributed by atoms with Gasteiger partial charge in [0.25, 0.3) is 11.8 Å². The van der Waals surface area contributed by atoms with E-state index in [1.54, 1.807) is 55.6 Å². The number of carbonyl (C=O) groups excluding carboxylic acids is 3. The van der Waals surface area contributed by atoms with Crippen LogP contribution in [0.2, 0.25) is 0 Å². The topological polar surface area (TPSA) is 109 Å². The molecule has 4 N–H and O–H groups in total. The van der Waals surface area contributed by atoms with E-state index in [9.17, 15) is 14.4 Å². The summed E-state index contributed by atoms with van der Waals surface area (Å²) in [4.78, 5) is 36.1. The number of nitrogens with one attached hydrogen (secondary N) is 4. The molecule has 8 nitrogen and oxygen atoms in total. The molecule has 0 saturated heterocycles. The maximum atomic E-state index is 12.2. The fraction of sp³-hybridized carbons (Fsp3) is 0.318. The number of hydrogen-bond donors (Lipinski definition) is 4. The van der Waals surface area contributed by atoms with Gasteiger partial charge in [0.15, 0.2) is 0 Å². The number of methoxy groups -OCH3 is 1. The predicted octanol–water partition coefficient (Wildman–Crippen LogP) is 2.25. The molecule has 0 unspecified atom stereocenters. The molecule has 2 rings (SSSR count). The van der Waals surface area contributed by atoms with E-state index < -0.39 is 0 Å². The van der Waals surface area contributed by atoms with Gasteiger partial charge in [-0.05, 0) is 55.8 Å². The summed E-state index contributed by atoms with van der Waals surface area (Å²) < 4.78 is 4.95. The highest BCUT2D eigenvalue weighted by molar-refractivity contribution is 5.97. The molecule has 0 spiro atoms. The summed E-state index contributed by atoms with van der Waals surface area (Å²) in [5, 5.41) is 11.3. The molecule has 0 bridgehead atoms. The minimum absolute atomic E-state index is 0.0387. The van der Waals surface area contributed by atoms with Crippen molar-refractivity contribution in [1.29, 1.82) is 0 Å². The third kappa shape index (κ3) is 7.56. The molecule has 0 radical (unpaired) electrons. The van der Waals surface area contributed by atoms with Crippen LogP contribution in [0.15, 0.2) is 48.5 Å². The van der Waals surface area contributed by atoms with Gasteiger partial charge in [-0.25, -0.2) is 0 Å². The second-order valence-electron chi connectivity index (χ2n) is 6.52. The van der Waals surface area contributed by atoms with Crippen molar-refractivity contribution in [3.05, 3.63) is 59.7 Å². The van der Waals surface area contributed by atoms with Crippen molar-refractivity contribution >= 4 is 29.1 Å². The minimum Gasteiger partial charge on any atom is -0.385 e. The number of rotatable bonds is 11. The van der Waals surface area contributed by atoms with Crippen molar-refractivity contribution in [1.82, 2.24) is 10.6 Å². The van der Waals surface area contributed by atoms with Gasteiger partial charge in [-0.2, -0.15) is 0 Å². The third-order valence-corrected chi connectivity index (χ3v) is 4.16. The standard InChI is InChI=1S/C22H28N4O4/c1-3-23-21(28)16-8-10-18(11-9-16)26-20(27)15-25-19-7-4-6-17(14-19)22(29)24-12-5-13-30-2/h4,6-11,14,25H,3,5,12-13,15H2,1-2H3,(H,23,28)(H,24,29)(H,26,27). The van der Waals surface area contributed by atoms with Gasteiger partial charge in [-0.1, -0.05) is 6.07 Å². The number of anilines is 2. The number of hydrogen-bond acceptors (Lipinski definition) is 5. The number of benzene rings is 2. The van der Waals surface area contributed by atoms with Crippen LogP contribution in [0, 0.1) is 0 Å². The highest BCUT2D eigenvalue weighted by Crippen LogP contribution is 2.12. The molecule has 0 heterocycles. The smallest absolute Gasteiger partial charge is 0.251 e. The summed E-state index contributed by atoms with van der Waals surface area (Å²) in [6, 6.07) is 13.6. The van der Waals surface area contributed by atoms with Crippen molar-refractivity contribution in [3.8, 4) is 0 Å². The molecule has 2 aromatic carbocycles. The first-order chi connectivity index (χ1) is 14.5. The highest BCUT2D eigenvalue weighted by atomic mass is 16.5. The van der Waals surface area contributed by atoms with Crippen LogP contribution in [-0.4, -0.2) is 51.1 Å². The van der Waals surface area contributed by atoms with Gasteiger partial charge in [0.2, 0.25) is 5.91 Å². The molecular formula is C22H28N4O4. The van der Waals surface area contributed by atoms with Gasteiger partial charge in [0, 0.05) is 49.3 Å². The first kappa shape index (κ1) is 22.9. The number of ether oxygens (including phenoxy) is 1. The zero-order valence-corrected chi connectivity index (χ0v) is 17.3. The Morgan fingerprint density at radius 2 is 1.63 bits per heavy atom. The van der Waals surface area contributed by atoms with E-state index in [0.29, 0.717) is 42.2 Å². The quantitative estimate of drug-likeness (QED) is 0.424. The Kier molecular flexibility index (Phi) is 9.33. The molecule has 0 fully saturated rings. The molecule has 0 saturated carbocycles. The molecule has 30 heavy (non-hydrogen) atoms. The minimum atomic E-state index is -0.241. The summed E-state index contributed by atoms with van der Waals surface area (Å²) in [6.07, 6.45) is 0.741. The zero-order valence-electron chi connectivity index (χ0n) is 17.3. The lowest BCUT2D eigenvalue weighted by Gasteiger charge is -2.10. The third-order valence-electron chi connectivity index (χ3n) is 4.16. The van der Waals surface area contributed by atoms with Crippen LogP contribution in [0.3, 0.4) is 0 Å². The Labute approximate surface area is 176 Å². The summed E-state index contributed by atoms with van der Waals surface area (Å²) in [5.74, 6) is -0.568. The van der Waals surface area contributed by atoms with Crippen LogP contribution in [-0.2, 0) is 9.53 Å². The van der Waals surface area contributed by atoms with Crippen molar-refractivity contribution in [2.75, 3.05) is 44.0 Å². The fourth-order valence-electron chi connectivity index (χ4n) is 2.65. The van der Waals surface area contributed by atoms with Gasteiger partial charge < -0.3 is 26.0 Å². The molecule has 3 amide bonds.